The molecule has 2 aliphatic rings. The highest BCUT2D eigenvalue weighted by molar-refractivity contribution is 5.98. The molecule has 0 aromatic heterocycles. The van der Waals surface area contributed by atoms with Crippen LogP contribution in [-0.2, 0) is 28.0 Å². The molecule has 2 aromatic carbocycles. The second kappa shape index (κ2) is 10.6. The molecule has 1 atom stereocenters. The Kier molecular flexibility index (Phi) is 5.56. The minimum Gasteiger partial charge on any atom is -0.497 e. The molecule has 4 rings (SSSR count). The number of Topliss-reactive ketones (excluding diaryl/α,β-unsaturated/α-hetero) is 1. The monoisotopic (exact) mass is 446 g/mol. The summed E-state index contributed by atoms with van der Waals surface area (Å²) in [6, 6.07) is 9.73. The van der Waals surface area contributed by atoms with Crippen molar-refractivity contribution in [2.45, 2.75) is 57.5 Å². The molecule has 2 aromatic rings. The van der Waals surface area contributed by atoms with Crippen LogP contribution in [0.1, 0.15) is 74.3 Å². The standard InChI is InChI=1S/C15H20O4.C11H12O2/c1-3-19-14(16)10-15(17)8-4-5-11-6-7-12(18-2)9-13(11)15;1-13-9-6-5-8-3-2-4-11(12)10(8)7-9/h6-7,9,17H,3-5,8,10H2,1-2H3;5-7H,2-4H2,1H3/i2D3;1D3. The van der Waals surface area contributed by atoms with Gasteiger partial charge in [-0.25, -0.2) is 0 Å². The van der Waals surface area contributed by atoms with Gasteiger partial charge in [0.05, 0.1) is 35.3 Å². The van der Waals surface area contributed by atoms with Gasteiger partial charge in [-0.1, -0.05) is 12.1 Å². The van der Waals surface area contributed by atoms with Crippen molar-refractivity contribution in [3.05, 3.63) is 58.7 Å². The zero-order valence-electron chi connectivity index (χ0n) is 24.1. The number of aliphatic hydroxyl groups is 1. The number of rotatable bonds is 5. The number of ether oxygens (including phenoxy) is 3. The van der Waals surface area contributed by atoms with Crippen molar-refractivity contribution in [1.29, 1.82) is 0 Å². The fourth-order valence-electron chi connectivity index (χ4n) is 4.28. The Bertz CT molecular complexity index is 1160. The Morgan fingerprint density at radius 2 is 1.72 bits per heavy atom. The Morgan fingerprint density at radius 1 is 1.03 bits per heavy atom. The van der Waals surface area contributed by atoms with Crippen LogP contribution in [0.25, 0.3) is 0 Å². The molecule has 0 amide bonds. The summed E-state index contributed by atoms with van der Waals surface area (Å²) in [5.74, 6) is -0.0193. The number of carbonyl (C=O) groups excluding carboxylic acids is 2. The maximum atomic E-state index is 11.7. The van der Waals surface area contributed by atoms with E-state index in [0.717, 1.165) is 36.8 Å². The van der Waals surface area contributed by atoms with E-state index >= 15 is 0 Å². The first kappa shape index (κ1) is 16.7. The number of benzene rings is 2. The second-order valence-corrected chi connectivity index (χ2v) is 7.99. The number of esters is 1. The van der Waals surface area contributed by atoms with Gasteiger partial charge >= 0.3 is 5.97 Å². The highest BCUT2D eigenvalue weighted by Crippen LogP contribution is 2.39. The Labute approximate surface area is 197 Å². The number of fused-ring (bicyclic) bond motifs is 2. The smallest absolute Gasteiger partial charge is 0.309 e. The summed E-state index contributed by atoms with van der Waals surface area (Å²) < 4.78 is 57.0. The van der Waals surface area contributed by atoms with Crippen LogP contribution in [0.15, 0.2) is 36.4 Å². The molecule has 0 radical (unpaired) electrons. The molecule has 32 heavy (non-hydrogen) atoms. The largest absolute Gasteiger partial charge is 0.497 e. The third-order valence-electron chi connectivity index (χ3n) is 5.83. The predicted octanol–water partition coefficient (Wildman–Crippen LogP) is 4.39. The molecular formula is C26H32O6. The molecule has 0 saturated heterocycles. The summed E-state index contributed by atoms with van der Waals surface area (Å²) in [6.07, 6.45) is 4.07. The molecule has 6 nitrogen and oxygen atoms in total. The molecular weight excluding hydrogens is 408 g/mol. The number of aryl methyl sites for hydroxylation is 2. The molecule has 0 aliphatic heterocycles. The van der Waals surface area contributed by atoms with Crippen LogP contribution >= 0.6 is 0 Å². The van der Waals surface area contributed by atoms with Gasteiger partial charge in [0.1, 0.15) is 17.1 Å². The Hall–Kier alpha value is -2.86. The normalized spacial score (nSPS) is 22.6. The molecule has 1 N–H and O–H groups in total. The van der Waals surface area contributed by atoms with E-state index in [9.17, 15) is 14.7 Å². The fourth-order valence-corrected chi connectivity index (χ4v) is 4.28. The zero-order valence-corrected chi connectivity index (χ0v) is 18.1. The van der Waals surface area contributed by atoms with E-state index < -0.39 is 25.6 Å². The zero-order chi connectivity index (χ0) is 28.1. The molecule has 172 valence electrons. The summed E-state index contributed by atoms with van der Waals surface area (Å²) in [5.41, 5.74) is 1.69. The van der Waals surface area contributed by atoms with Gasteiger partial charge in [0, 0.05) is 12.0 Å². The van der Waals surface area contributed by atoms with Crippen LogP contribution in [0.3, 0.4) is 0 Å². The van der Waals surface area contributed by atoms with Crippen LogP contribution in [0, 0.1) is 0 Å². The lowest BCUT2D eigenvalue weighted by Crippen LogP contribution is -2.33. The van der Waals surface area contributed by atoms with Crippen LogP contribution in [0.2, 0.25) is 0 Å². The third kappa shape index (κ3) is 5.49. The minimum absolute atomic E-state index is 0.0669. The maximum absolute atomic E-state index is 11.7. The number of carbonyl (C=O) groups is 2. The van der Waals surface area contributed by atoms with Crippen LogP contribution < -0.4 is 9.47 Å². The lowest BCUT2D eigenvalue weighted by atomic mass is 9.77. The lowest BCUT2D eigenvalue weighted by molar-refractivity contribution is -0.149. The van der Waals surface area contributed by atoms with Gasteiger partial charge in [-0.05, 0) is 80.0 Å². The van der Waals surface area contributed by atoms with E-state index in [1.54, 1.807) is 31.2 Å². The Morgan fingerprint density at radius 3 is 2.44 bits per heavy atom. The number of hydrogen-bond donors (Lipinski definition) is 1. The van der Waals surface area contributed by atoms with Crippen molar-refractivity contribution in [3.63, 3.8) is 0 Å². The summed E-state index contributed by atoms with van der Waals surface area (Å²) in [7, 11) is -5.02. The number of hydrogen-bond acceptors (Lipinski definition) is 6. The summed E-state index contributed by atoms with van der Waals surface area (Å²) >= 11 is 0. The van der Waals surface area contributed by atoms with Crippen LogP contribution in [-0.4, -0.2) is 37.5 Å². The molecule has 0 fully saturated rings. The van der Waals surface area contributed by atoms with E-state index in [2.05, 4.69) is 0 Å². The maximum Gasteiger partial charge on any atom is 0.309 e. The summed E-state index contributed by atoms with van der Waals surface area (Å²) in [4.78, 5) is 23.3. The molecule has 0 saturated carbocycles. The first-order valence-electron chi connectivity index (χ1n) is 13.7. The summed E-state index contributed by atoms with van der Waals surface area (Å²) in [6.45, 7) is 1.96. The number of ketones is 1. The quantitative estimate of drug-likeness (QED) is 0.686. The van der Waals surface area contributed by atoms with Crippen molar-refractivity contribution < 1.29 is 37.1 Å². The van der Waals surface area contributed by atoms with Gasteiger partial charge in [0.15, 0.2) is 5.78 Å². The average molecular weight is 447 g/mol. The van der Waals surface area contributed by atoms with Gasteiger partial charge in [-0.15, -0.1) is 0 Å². The van der Waals surface area contributed by atoms with Crippen molar-refractivity contribution in [1.82, 2.24) is 0 Å². The van der Waals surface area contributed by atoms with E-state index in [4.69, 9.17) is 22.4 Å². The van der Waals surface area contributed by atoms with Crippen molar-refractivity contribution in [2.75, 3.05) is 20.7 Å². The molecule has 0 bridgehead atoms. The Balaban J connectivity index is 0.000000221. The second-order valence-electron chi connectivity index (χ2n) is 7.99. The topological polar surface area (TPSA) is 82.1 Å². The first-order valence-corrected chi connectivity index (χ1v) is 10.7. The SMILES string of the molecule is [2H]C([2H])([2H])Oc1ccc2c(c1)C(=O)CCC2.[2H]C([2H])([2H])Oc1ccc2c(c1)C(O)(CC(=O)OCC)CCC2. The minimum atomic E-state index is -2.55. The molecule has 1 unspecified atom stereocenters. The summed E-state index contributed by atoms with van der Waals surface area (Å²) in [5, 5.41) is 10.8. The van der Waals surface area contributed by atoms with Crippen LogP contribution in [0.4, 0.5) is 0 Å². The highest BCUT2D eigenvalue weighted by Gasteiger charge is 2.37. The van der Waals surface area contributed by atoms with E-state index in [-0.39, 0.29) is 30.3 Å². The third-order valence-corrected chi connectivity index (χ3v) is 5.83. The lowest BCUT2D eigenvalue weighted by Gasteiger charge is -2.34. The van der Waals surface area contributed by atoms with Crippen LogP contribution in [0.5, 0.6) is 11.5 Å². The van der Waals surface area contributed by atoms with E-state index in [1.165, 1.54) is 12.1 Å². The molecule has 2 aliphatic carbocycles. The molecule has 0 heterocycles. The van der Waals surface area contributed by atoms with E-state index in [1.807, 2.05) is 0 Å². The van der Waals surface area contributed by atoms with Gasteiger partial charge in [-0.3, -0.25) is 9.59 Å². The van der Waals surface area contributed by atoms with Crippen molar-refractivity contribution in [2.24, 2.45) is 0 Å². The fraction of sp³-hybridized carbons (Fsp3) is 0.462. The predicted molar refractivity (Wildman–Crippen MR) is 121 cm³/mol. The average Bonchev–Trinajstić information content (AvgIpc) is 2.79. The number of methoxy groups -OCH3 is 2. The van der Waals surface area contributed by atoms with Crippen molar-refractivity contribution in [3.8, 4) is 11.5 Å². The molecule has 6 heteroatoms. The van der Waals surface area contributed by atoms with Gasteiger partial charge < -0.3 is 19.3 Å². The van der Waals surface area contributed by atoms with Gasteiger partial charge in [0.2, 0.25) is 0 Å². The highest BCUT2D eigenvalue weighted by atomic mass is 16.5. The van der Waals surface area contributed by atoms with E-state index in [0.29, 0.717) is 24.0 Å². The van der Waals surface area contributed by atoms with Gasteiger partial charge in [-0.2, -0.15) is 0 Å². The van der Waals surface area contributed by atoms with Gasteiger partial charge in [0.25, 0.3) is 0 Å². The first-order chi connectivity index (χ1) is 17.7. The molecule has 0 spiro atoms. The van der Waals surface area contributed by atoms with Crippen molar-refractivity contribution >= 4 is 11.8 Å².